The highest BCUT2D eigenvalue weighted by Gasteiger charge is 2.46. The average Bonchev–Trinajstić information content (AvgIpc) is 3.41. The number of ketones is 1. The zero-order valence-corrected chi connectivity index (χ0v) is 18.8. The van der Waals surface area contributed by atoms with Crippen molar-refractivity contribution in [2.75, 3.05) is 6.61 Å². The first-order chi connectivity index (χ1) is 15.5. The minimum atomic E-state index is -0.694. The molecule has 0 spiro atoms. The van der Waals surface area contributed by atoms with Crippen LogP contribution in [0.1, 0.15) is 41.1 Å². The molecule has 2 aromatic heterocycles. The minimum Gasteiger partial charge on any atom is -0.507 e. The number of aliphatic hydroxyl groups is 1. The Balaban J connectivity index is 1.77. The smallest absolute Gasteiger partial charge is 0.296 e. The highest BCUT2D eigenvalue weighted by molar-refractivity contribution is 7.10. The van der Waals surface area contributed by atoms with Crippen molar-refractivity contribution in [2.45, 2.75) is 32.9 Å². The summed E-state index contributed by atoms with van der Waals surface area (Å²) in [7, 11) is 0. The van der Waals surface area contributed by atoms with E-state index in [2.05, 4.69) is 4.98 Å². The summed E-state index contributed by atoms with van der Waals surface area (Å²) < 4.78 is 5.72. The van der Waals surface area contributed by atoms with E-state index in [-0.39, 0.29) is 17.9 Å². The second-order valence-electron chi connectivity index (χ2n) is 7.59. The number of carbonyl (C=O) groups excluding carboxylic acids is 2. The summed E-state index contributed by atoms with van der Waals surface area (Å²) in [6.45, 7) is 4.69. The fourth-order valence-electron chi connectivity index (χ4n) is 3.78. The van der Waals surface area contributed by atoms with E-state index in [0.29, 0.717) is 17.9 Å². The van der Waals surface area contributed by atoms with E-state index in [1.807, 2.05) is 43.5 Å². The van der Waals surface area contributed by atoms with Crippen LogP contribution in [0.2, 0.25) is 0 Å². The van der Waals surface area contributed by atoms with Gasteiger partial charge >= 0.3 is 0 Å². The molecule has 1 aliphatic rings. The van der Waals surface area contributed by atoms with Gasteiger partial charge in [-0.25, -0.2) is 0 Å². The summed E-state index contributed by atoms with van der Waals surface area (Å²) in [4.78, 5) is 32.6. The summed E-state index contributed by atoms with van der Waals surface area (Å²) in [5.74, 6) is -0.791. The van der Waals surface area contributed by atoms with Gasteiger partial charge in [0.25, 0.3) is 11.7 Å². The molecule has 7 heteroatoms. The number of aliphatic hydroxyl groups excluding tert-OH is 1. The zero-order chi connectivity index (χ0) is 22.7. The molecular weight excluding hydrogens is 424 g/mol. The van der Waals surface area contributed by atoms with Crippen molar-refractivity contribution in [1.82, 2.24) is 9.88 Å². The van der Waals surface area contributed by atoms with Crippen LogP contribution in [0.25, 0.3) is 5.76 Å². The van der Waals surface area contributed by atoms with Gasteiger partial charge in [0.2, 0.25) is 0 Å². The summed E-state index contributed by atoms with van der Waals surface area (Å²) in [6, 6.07) is 13.8. The molecule has 1 aliphatic heterocycles. The standard InChI is InChI=1S/C25H24N2O4S/c1-3-12-31-19-10-9-17(14-16(19)2)23(28)21-22(20-8-6-13-32-20)27(25(30)24(21)29)15-18-7-4-5-11-26-18/h4-11,13-14,22,28H,3,12,15H2,1-2H3/b23-21-. The maximum Gasteiger partial charge on any atom is 0.296 e. The third-order valence-corrected chi connectivity index (χ3v) is 6.25. The highest BCUT2D eigenvalue weighted by atomic mass is 32.1. The van der Waals surface area contributed by atoms with Gasteiger partial charge in [0.1, 0.15) is 17.6 Å². The molecule has 0 radical (unpaired) electrons. The molecule has 1 amide bonds. The number of ether oxygens (including phenoxy) is 1. The summed E-state index contributed by atoms with van der Waals surface area (Å²) in [5, 5.41) is 13.1. The van der Waals surface area contributed by atoms with Crippen molar-refractivity contribution in [3.63, 3.8) is 0 Å². The van der Waals surface area contributed by atoms with E-state index in [1.165, 1.54) is 16.2 Å². The largest absolute Gasteiger partial charge is 0.507 e. The number of likely N-dealkylation sites (tertiary alicyclic amines) is 1. The molecule has 3 aromatic rings. The molecule has 1 fully saturated rings. The number of hydrogen-bond donors (Lipinski definition) is 1. The monoisotopic (exact) mass is 448 g/mol. The van der Waals surface area contributed by atoms with Gasteiger partial charge in [-0.1, -0.05) is 19.1 Å². The number of carbonyl (C=O) groups is 2. The molecule has 0 bridgehead atoms. The van der Waals surface area contributed by atoms with Crippen LogP contribution in [0.15, 0.2) is 65.7 Å². The Morgan fingerprint density at radius 1 is 1.19 bits per heavy atom. The Morgan fingerprint density at radius 3 is 2.69 bits per heavy atom. The number of benzene rings is 1. The normalized spacial score (nSPS) is 17.7. The number of thiophene rings is 1. The lowest BCUT2D eigenvalue weighted by molar-refractivity contribution is -0.140. The Bertz CT molecular complexity index is 1160. The van der Waals surface area contributed by atoms with Crippen LogP contribution in [0.5, 0.6) is 5.75 Å². The Labute approximate surface area is 190 Å². The zero-order valence-electron chi connectivity index (χ0n) is 17.9. The van der Waals surface area contributed by atoms with Crippen molar-refractivity contribution in [2.24, 2.45) is 0 Å². The highest BCUT2D eigenvalue weighted by Crippen LogP contribution is 2.42. The van der Waals surface area contributed by atoms with Gasteiger partial charge < -0.3 is 14.7 Å². The molecule has 0 aliphatic carbocycles. The Morgan fingerprint density at radius 2 is 2.03 bits per heavy atom. The lowest BCUT2D eigenvalue weighted by atomic mass is 9.98. The number of hydrogen-bond acceptors (Lipinski definition) is 6. The van der Waals surface area contributed by atoms with Crippen molar-refractivity contribution in [3.8, 4) is 5.75 Å². The van der Waals surface area contributed by atoms with Gasteiger partial charge in [-0.3, -0.25) is 14.6 Å². The number of pyridine rings is 1. The first-order valence-electron chi connectivity index (χ1n) is 10.5. The van der Waals surface area contributed by atoms with E-state index < -0.39 is 17.7 Å². The maximum absolute atomic E-state index is 13.1. The van der Waals surface area contributed by atoms with Gasteiger partial charge in [0.15, 0.2) is 0 Å². The molecule has 1 N–H and O–H groups in total. The second kappa shape index (κ2) is 9.36. The molecule has 32 heavy (non-hydrogen) atoms. The van der Waals surface area contributed by atoms with Gasteiger partial charge in [-0.15, -0.1) is 11.3 Å². The molecule has 164 valence electrons. The van der Waals surface area contributed by atoms with E-state index in [1.54, 1.807) is 30.5 Å². The van der Waals surface area contributed by atoms with Crippen LogP contribution in [-0.2, 0) is 16.1 Å². The summed E-state index contributed by atoms with van der Waals surface area (Å²) in [5.41, 5.74) is 2.08. The van der Waals surface area contributed by atoms with Gasteiger partial charge in [0.05, 0.1) is 24.4 Å². The van der Waals surface area contributed by atoms with Gasteiger partial charge in [0, 0.05) is 16.6 Å². The third kappa shape index (κ3) is 4.16. The maximum atomic E-state index is 13.1. The fraction of sp³-hybridized carbons (Fsp3) is 0.240. The third-order valence-electron chi connectivity index (χ3n) is 5.32. The number of aryl methyl sites for hydroxylation is 1. The van der Waals surface area contributed by atoms with Crippen molar-refractivity contribution in [3.05, 3.63) is 87.4 Å². The van der Waals surface area contributed by atoms with Crippen molar-refractivity contribution in [1.29, 1.82) is 0 Å². The molecule has 1 aromatic carbocycles. The molecule has 4 rings (SSSR count). The predicted octanol–water partition coefficient (Wildman–Crippen LogP) is 4.86. The molecule has 3 heterocycles. The lowest BCUT2D eigenvalue weighted by Crippen LogP contribution is -2.29. The number of nitrogens with zero attached hydrogens (tertiary/aromatic N) is 2. The number of Topliss-reactive ketones (excluding diaryl/α,β-unsaturated/α-hetero) is 1. The molecule has 0 saturated carbocycles. The van der Waals surface area contributed by atoms with E-state index in [9.17, 15) is 14.7 Å². The summed E-state index contributed by atoms with van der Waals surface area (Å²) >= 11 is 1.44. The van der Waals surface area contributed by atoms with Gasteiger partial charge in [-0.2, -0.15) is 0 Å². The number of rotatable bonds is 7. The Hall–Kier alpha value is -3.45. The van der Waals surface area contributed by atoms with E-state index in [0.717, 1.165) is 22.6 Å². The molecular formula is C25H24N2O4S. The number of aromatic nitrogens is 1. The lowest BCUT2D eigenvalue weighted by Gasteiger charge is -2.23. The SMILES string of the molecule is CCCOc1ccc(/C(O)=C2/C(=O)C(=O)N(Cc3ccccn3)C2c2cccs2)cc1C. The van der Waals surface area contributed by atoms with Crippen LogP contribution >= 0.6 is 11.3 Å². The van der Waals surface area contributed by atoms with E-state index in [4.69, 9.17) is 4.74 Å². The van der Waals surface area contributed by atoms with E-state index >= 15 is 0 Å². The van der Waals surface area contributed by atoms with Crippen LogP contribution in [-0.4, -0.2) is 33.3 Å². The predicted molar refractivity (Wildman–Crippen MR) is 123 cm³/mol. The topological polar surface area (TPSA) is 79.7 Å². The Kier molecular flexibility index (Phi) is 6.37. The van der Waals surface area contributed by atoms with Gasteiger partial charge in [-0.05, 0) is 60.7 Å². The molecule has 1 saturated heterocycles. The number of amides is 1. The molecule has 1 atom stereocenters. The quantitative estimate of drug-likeness (QED) is 0.317. The average molecular weight is 449 g/mol. The van der Waals surface area contributed by atoms with Crippen LogP contribution in [0.4, 0.5) is 0 Å². The summed E-state index contributed by atoms with van der Waals surface area (Å²) in [6.07, 6.45) is 2.54. The van der Waals surface area contributed by atoms with Crippen LogP contribution in [0, 0.1) is 6.92 Å². The minimum absolute atomic E-state index is 0.0926. The van der Waals surface area contributed by atoms with Crippen LogP contribution in [0.3, 0.4) is 0 Å². The second-order valence-corrected chi connectivity index (χ2v) is 8.57. The fourth-order valence-corrected chi connectivity index (χ4v) is 4.62. The van der Waals surface area contributed by atoms with Crippen molar-refractivity contribution >= 4 is 28.8 Å². The van der Waals surface area contributed by atoms with Crippen LogP contribution < -0.4 is 4.74 Å². The first-order valence-corrected chi connectivity index (χ1v) is 11.3. The van der Waals surface area contributed by atoms with Crippen molar-refractivity contribution < 1.29 is 19.4 Å². The molecule has 6 nitrogen and oxygen atoms in total. The molecule has 1 unspecified atom stereocenters. The first kappa shape index (κ1) is 21.8.